The highest BCUT2D eigenvalue weighted by atomic mass is 19.1. The highest BCUT2D eigenvalue weighted by Crippen LogP contribution is 2.37. The van der Waals surface area contributed by atoms with Crippen LogP contribution in [0.5, 0.6) is 0 Å². The number of anilines is 1. The Kier molecular flexibility index (Phi) is 4.12. The Labute approximate surface area is 135 Å². The molecule has 23 heavy (non-hydrogen) atoms. The number of ether oxygens (including phenoxy) is 1. The van der Waals surface area contributed by atoms with Crippen molar-refractivity contribution >= 4 is 12.0 Å². The third kappa shape index (κ3) is 3.89. The van der Waals surface area contributed by atoms with E-state index in [0.29, 0.717) is 31.5 Å². The quantitative estimate of drug-likeness (QED) is 0.837. The van der Waals surface area contributed by atoms with Gasteiger partial charge in [0.25, 0.3) is 0 Å². The third-order valence-corrected chi connectivity index (χ3v) is 4.10. The minimum absolute atomic E-state index is 0.104. The van der Waals surface area contributed by atoms with Gasteiger partial charge in [0, 0.05) is 19.6 Å². The molecule has 1 aromatic heterocycles. The first-order chi connectivity index (χ1) is 10.8. The van der Waals surface area contributed by atoms with Gasteiger partial charge < -0.3 is 14.5 Å². The van der Waals surface area contributed by atoms with Crippen LogP contribution in [0.4, 0.5) is 15.1 Å². The zero-order valence-electron chi connectivity index (χ0n) is 13.8. The van der Waals surface area contributed by atoms with Crippen LogP contribution < -0.4 is 4.90 Å². The van der Waals surface area contributed by atoms with E-state index in [0.717, 1.165) is 12.8 Å². The van der Waals surface area contributed by atoms with Crippen molar-refractivity contribution in [2.75, 3.05) is 24.5 Å². The normalized spacial score (nSPS) is 22.2. The molecule has 0 bridgehead atoms. The number of amides is 1. The second-order valence-electron chi connectivity index (χ2n) is 7.23. The summed E-state index contributed by atoms with van der Waals surface area (Å²) in [7, 11) is 0. The second kappa shape index (κ2) is 5.94. The summed E-state index contributed by atoms with van der Waals surface area (Å²) in [6.07, 6.45) is 4.35. The summed E-state index contributed by atoms with van der Waals surface area (Å²) in [6.45, 7) is 7.47. The number of hydrogen-bond donors (Lipinski definition) is 0. The summed E-state index contributed by atoms with van der Waals surface area (Å²) in [5.41, 5.74) is -0.498. The van der Waals surface area contributed by atoms with E-state index in [1.165, 1.54) is 12.4 Å². The summed E-state index contributed by atoms with van der Waals surface area (Å²) in [5.74, 6) is 0.575. The van der Waals surface area contributed by atoms with Gasteiger partial charge in [0.05, 0.1) is 18.4 Å². The fraction of sp³-hybridized carbons (Fsp3) is 0.688. The van der Waals surface area contributed by atoms with Crippen molar-refractivity contribution in [1.82, 2.24) is 14.9 Å². The summed E-state index contributed by atoms with van der Waals surface area (Å²) >= 11 is 0. The van der Waals surface area contributed by atoms with Crippen molar-refractivity contribution in [2.24, 2.45) is 5.92 Å². The Morgan fingerprint density at radius 3 is 2.48 bits per heavy atom. The molecule has 1 aliphatic heterocycles. The van der Waals surface area contributed by atoms with Gasteiger partial charge in [0.2, 0.25) is 5.95 Å². The standard InChI is InChI=1S/C16H23FN4O2/c1-16(2,3)23-15(22)21-7-6-20(10-13(21)11-4-5-11)14-18-8-12(17)9-19-14/h8-9,11,13H,4-7,10H2,1-3H3. The van der Waals surface area contributed by atoms with Gasteiger partial charge in [-0.2, -0.15) is 0 Å². The van der Waals surface area contributed by atoms with E-state index in [2.05, 4.69) is 9.97 Å². The van der Waals surface area contributed by atoms with Crippen molar-refractivity contribution < 1.29 is 13.9 Å². The van der Waals surface area contributed by atoms with Gasteiger partial charge in [-0.1, -0.05) is 0 Å². The molecule has 1 amide bonds. The molecule has 0 radical (unpaired) electrons. The molecule has 6 nitrogen and oxygen atoms in total. The minimum atomic E-state index is -0.498. The molecule has 2 aliphatic rings. The average molecular weight is 322 g/mol. The van der Waals surface area contributed by atoms with Crippen molar-refractivity contribution in [3.05, 3.63) is 18.2 Å². The molecule has 1 saturated carbocycles. The minimum Gasteiger partial charge on any atom is -0.444 e. The number of piperazine rings is 1. The fourth-order valence-electron chi connectivity index (χ4n) is 2.89. The molecule has 3 rings (SSSR count). The van der Waals surface area contributed by atoms with E-state index < -0.39 is 11.4 Å². The van der Waals surface area contributed by atoms with Gasteiger partial charge in [-0.15, -0.1) is 0 Å². The van der Waals surface area contributed by atoms with E-state index in [-0.39, 0.29) is 12.1 Å². The van der Waals surface area contributed by atoms with Gasteiger partial charge >= 0.3 is 6.09 Å². The predicted octanol–water partition coefficient (Wildman–Crippen LogP) is 2.45. The highest BCUT2D eigenvalue weighted by molar-refractivity contribution is 5.69. The average Bonchev–Trinajstić information content (AvgIpc) is 3.30. The number of rotatable bonds is 2. The molecular weight excluding hydrogens is 299 g/mol. The molecule has 1 atom stereocenters. The molecule has 0 aromatic carbocycles. The first-order valence-corrected chi connectivity index (χ1v) is 8.05. The van der Waals surface area contributed by atoms with Crippen molar-refractivity contribution in [3.8, 4) is 0 Å². The lowest BCUT2D eigenvalue weighted by atomic mass is 10.1. The van der Waals surface area contributed by atoms with E-state index in [9.17, 15) is 9.18 Å². The summed E-state index contributed by atoms with van der Waals surface area (Å²) in [6, 6.07) is 0.104. The Morgan fingerprint density at radius 1 is 1.26 bits per heavy atom. The van der Waals surface area contributed by atoms with Crippen molar-refractivity contribution in [2.45, 2.75) is 45.3 Å². The van der Waals surface area contributed by atoms with Crippen LogP contribution in [0.3, 0.4) is 0 Å². The zero-order chi connectivity index (χ0) is 16.6. The number of carbonyl (C=O) groups is 1. The Hall–Kier alpha value is -1.92. The topological polar surface area (TPSA) is 58.6 Å². The highest BCUT2D eigenvalue weighted by Gasteiger charge is 2.42. The lowest BCUT2D eigenvalue weighted by Gasteiger charge is -2.42. The fourth-order valence-corrected chi connectivity index (χ4v) is 2.89. The van der Waals surface area contributed by atoms with Crippen LogP contribution in [0.1, 0.15) is 33.6 Å². The van der Waals surface area contributed by atoms with Crippen LogP contribution in [0.2, 0.25) is 0 Å². The zero-order valence-corrected chi connectivity index (χ0v) is 13.8. The molecule has 0 N–H and O–H groups in total. The van der Waals surface area contributed by atoms with E-state index in [1.54, 1.807) is 0 Å². The lowest BCUT2D eigenvalue weighted by Crippen LogP contribution is -2.57. The monoisotopic (exact) mass is 322 g/mol. The summed E-state index contributed by atoms with van der Waals surface area (Å²) in [4.78, 5) is 24.4. The molecule has 1 aromatic rings. The number of aromatic nitrogens is 2. The lowest BCUT2D eigenvalue weighted by molar-refractivity contribution is 0.0115. The number of hydrogen-bond acceptors (Lipinski definition) is 5. The van der Waals surface area contributed by atoms with Gasteiger partial charge in [0.1, 0.15) is 5.60 Å². The maximum atomic E-state index is 13.0. The van der Waals surface area contributed by atoms with Crippen LogP contribution in [0.15, 0.2) is 12.4 Å². The third-order valence-electron chi connectivity index (χ3n) is 4.10. The molecular formula is C16H23FN4O2. The van der Waals surface area contributed by atoms with Crippen molar-refractivity contribution in [1.29, 1.82) is 0 Å². The second-order valence-corrected chi connectivity index (χ2v) is 7.23. The smallest absolute Gasteiger partial charge is 0.410 e. The van der Waals surface area contributed by atoms with Crippen LogP contribution in [0, 0.1) is 11.7 Å². The van der Waals surface area contributed by atoms with E-state index >= 15 is 0 Å². The van der Waals surface area contributed by atoms with Crippen LogP contribution in [-0.4, -0.2) is 52.2 Å². The summed E-state index contributed by atoms with van der Waals surface area (Å²) in [5, 5.41) is 0. The van der Waals surface area contributed by atoms with Crippen molar-refractivity contribution in [3.63, 3.8) is 0 Å². The largest absolute Gasteiger partial charge is 0.444 e. The van der Waals surface area contributed by atoms with E-state index in [4.69, 9.17) is 4.74 Å². The molecule has 7 heteroatoms. The van der Waals surface area contributed by atoms with Gasteiger partial charge in [0.15, 0.2) is 5.82 Å². The number of halogens is 1. The first-order valence-electron chi connectivity index (χ1n) is 8.05. The molecule has 1 unspecified atom stereocenters. The Balaban J connectivity index is 1.71. The van der Waals surface area contributed by atoms with Gasteiger partial charge in [-0.05, 0) is 39.5 Å². The van der Waals surface area contributed by atoms with Crippen LogP contribution in [0.25, 0.3) is 0 Å². The molecule has 2 heterocycles. The van der Waals surface area contributed by atoms with E-state index in [1.807, 2.05) is 30.6 Å². The van der Waals surface area contributed by atoms with Gasteiger partial charge in [-0.3, -0.25) is 0 Å². The SMILES string of the molecule is CC(C)(C)OC(=O)N1CCN(c2ncc(F)cn2)CC1C1CC1. The Morgan fingerprint density at radius 2 is 1.91 bits per heavy atom. The maximum absolute atomic E-state index is 13.0. The molecule has 1 saturated heterocycles. The first kappa shape index (κ1) is 16.0. The number of carbonyl (C=O) groups excluding carboxylic acids is 1. The van der Waals surface area contributed by atoms with Crippen LogP contribution in [-0.2, 0) is 4.74 Å². The predicted molar refractivity (Wildman–Crippen MR) is 83.7 cm³/mol. The molecule has 1 aliphatic carbocycles. The summed E-state index contributed by atoms with van der Waals surface area (Å²) < 4.78 is 18.5. The Bertz CT molecular complexity index is 568. The molecule has 126 valence electrons. The van der Waals surface area contributed by atoms with Gasteiger partial charge in [-0.25, -0.2) is 19.2 Å². The van der Waals surface area contributed by atoms with Crippen LogP contribution >= 0.6 is 0 Å². The maximum Gasteiger partial charge on any atom is 0.410 e. The molecule has 2 fully saturated rings. The number of nitrogens with zero attached hydrogens (tertiary/aromatic N) is 4. The molecule has 0 spiro atoms.